The minimum Gasteiger partial charge on any atom is -1.00 e. The third-order valence-corrected chi connectivity index (χ3v) is 8.29. The zero-order chi connectivity index (χ0) is 23.4. The van der Waals surface area contributed by atoms with Gasteiger partial charge in [-0.2, -0.15) is 0 Å². The highest BCUT2D eigenvalue weighted by molar-refractivity contribution is 5.89. The Hall–Kier alpha value is -1.86. The van der Waals surface area contributed by atoms with Crippen LogP contribution in [0.4, 0.5) is 0 Å². The summed E-state index contributed by atoms with van der Waals surface area (Å²) >= 11 is 0. The van der Waals surface area contributed by atoms with Gasteiger partial charge in [0, 0.05) is 30.0 Å². The highest BCUT2D eigenvalue weighted by atomic mass is 127. The van der Waals surface area contributed by atoms with Crippen molar-refractivity contribution in [2.75, 3.05) is 26.2 Å². The second-order valence-electron chi connectivity index (χ2n) is 10.5. The molecular formula is C30H39IN2O2. The molecule has 188 valence electrons. The number of nitrogens with one attached hydrogen (secondary N) is 1. The molecule has 1 aliphatic carbocycles. The van der Waals surface area contributed by atoms with Gasteiger partial charge in [0.25, 0.3) is 0 Å². The molecule has 0 radical (unpaired) electrons. The van der Waals surface area contributed by atoms with E-state index < -0.39 is 0 Å². The summed E-state index contributed by atoms with van der Waals surface area (Å²) in [5.41, 5.74) is 3.60. The predicted molar refractivity (Wildman–Crippen MR) is 137 cm³/mol. The van der Waals surface area contributed by atoms with Gasteiger partial charge in [-0.25, -0.2) is 0 Å². The monoisotopic (exact) mass is 586 g/mol. The van der Waals surface area contributed by atoms with E-state index in [1.54, 1.807) is 5.57 Å². The largest absolute Gasteiger partial charge is 1.00 e. The number of allylic oxidation sites excluding steroid dienone is 1. The van der Waals surface area contributed by atoms with Gasteiger partial charge in [-0.05, 0) is 50.3 Å². The van der Waals surface area contributed by atoms with Gasteiger partial charge >= 0.3 is 0 Å². The van der Waals surface area contributed by atoms with Crippen molar-refractivity contribution in [1.29, 1.82) is 0 Å². The highest BCUT2D eigenvalue weighted by Crippen LogP contribution is 2.44. The van der Waals surface area contributed by atoms with E-state index in [2.05, 4.69) is 18.3 Å². The number of rotatable bonds is 5. The first-order valence-corrected chi connectivity index (χ1v) is 13.4. The van der Waals surface area contributed by atoms with Crippen LogP contribution in [0.2, 0.25) is 0 Å². The van der Waals surface area contributed by atoms with E-state index in [0.717, 1.165) is 48.6 Å². The summed E-state index contributed by atoms with van der Waals surface area (Å²) in [6, 6.07) is 16.2. The van der Waals surface area contributed by atoms with Crippen LogP contribution in [0.1, 0.15) is 75.3 Å². The molecule has 0 saturated carbocycles. The van der Waals surface area contributed by atoms with Crippen LogP contribution in [0.15, 0.2) is 60.2 Å². The lowest BCUT2D eigenvalue weighted by atomic mass is 9.86. The van der Waals surface area contributed by atoms with Gasteiger partial charge in [0.15, 0.2) is 0 Å². The smallest absolute Gasteiger partial charge is 0.232 e. The van der Waals surface area contributed by atoms with Crippen LogP contribution < -0.4 is 34.0 Å². The van der Waals surface area contributed by atoms with Crippen LogP contribution in [0.3, 0.4) is 0 Å². The van der Waals surface area contributed by atoms with Gasteiger partial charge < -0.3 is 38.5 Å². The molecule has 4 nitrogen and oxygen atoms in total. The molecule has 2 aromatic carbocycles. The van der Waals surface area contributed by atoms with E-state index in [0.29, 0.717) is 0 Å². The Kier molecular flexibility index (Phi) is 8.92. The molecule has 2 aliphatic heterocycles. The number of likely N-dealkylation sites (tertiary alicyclic amines) is 1. The van der Waals surface area contributed by atoms with Crippen molar-refractivity contribution < 1.29 is 38.0 Å². The Morgan fingerprint density at radius 3 is 2.23 bits per heavy atom. The molecule has 1 fully saturated rings. The molecule has 0 atom stereocenters. The minimum atomic E-state index is -0.312. The number of hydrogen-bond donors (Lipinski definition) is 1. The van der Waals surface area contributed by atoms with Crippen LogP contribution in [0.25, 0.3) is 0 Å². The number of ether oxygens (including phenoxy) is 1. The Bertz CT molecular complexity index is 997. The van der Waals surface area contributed by atoms with E-state index in [1.165, 1.54) is 56.1 Å². The number of fused-ring (bicyclic) bond motifs is 2. The van der Waals surface area contributed by atoms with Crippen molar-refractivity contribution in [3.05, 3.63) is 71.3 Å². The number of halogens is 1. The number of quaternary nitrogens is 1. The fraction of sp³-hybridized carbons (Fsp3) is 0.500. The third kappa shape index (κ3) is 5.93. The summed E-state index contributed by atoms with van der Waals surface area (Å²) in [5.74, 6) is 1.37. The molecule has 0 aromatic heterocycles. The van der Waals surface area contributed by atoms with E-state index in [9.17, 15) is 4.79 Å². The number of nitrogens with zero attached hydrogens (tertiary/aromatic N) is 1. The van der Waals surface area contributed by atoms with E-state index >= 15 is 0 Å². The summed E-state index contributed by atoms with van der Waals surface area (Å²) < 4.78 is 7.27. The van der Waals surface area contributed by atoms with Crippen molar-refractivity contribution in [2.24, 2.45) is 0 Å². The van der Waals surface area contributed by atoms with E-state index in [-0.39, 0.29) is 41.8 Å². The molecule has 0 bridgehead atoms. The van der Waals surface area contributed by atoms with Crippen molar-refractivity contribution in [3.63, 3.8) is 0 Å². The maximum Gasteiger partial charge on any atom is 0.232 e. The lowest BCUT2D eigenvalue weighted by Crippen LogP contribution is -3.00. The van der Waals surface area contributed by atoms with Crippen LogP contribution in [0, 0.1) is 0 Å². The number of para-hydroxylation sites is 2. The van der Waals surface area contributed by atoms with E-state index in [4.69, 9.17) is 4.74 Å². The molecular weight excluding hydrogens is 547 g/mol. The van der Waals surface area contributed by atoms with Gasteiger partial charge in [-0.3, -0.25) is 4.79 Å². The average Bonchev–Trinajstić information content (AvgIpc) is 2.85. The third-order valence-electron chi connectivity index (χ3n) is 8.29. The first-order valence-electron chi connectivity index (χ1n) is 13.4. The molecule has 0 spiro atoms. The summed E-state index contributed by atoms with van der Waals surface area (Å²) in [5, 5.41) is 3.44. The van der Waals surface area contributed by atoms with Gasteiger partial charge in [0.2, 0.25) is 5.91 Å². The normalized spacial score (nSPS) is 25.9. The SMILES string of the molecule is CC[N+]1(C/C2=C\CCCCCC2)CCC(NC(=O)C2c3ccccc3Oc3ccccc32)CC1.[I-]. The first-order chi connectivity index (χ1) is 16.7. The summed E-state index contributed by atoms with van der Waals surface area (Å²) in [7, 11) is 0. The second-order valence-corrected chi connectivity index (χ2v) is 10.5. The van der Waals surface area contributed by atoms with Gasteiger partial charge in [0.1, 0.15) is 18.0 Å². The van der Waals surface area contributed by atoms with Crippen molar-refractivity contribution >= 4 is 5.91 Å². The Morgan fingerprint density at radius 1 is 0.943 bits per heavy atom. The quantitative estimate of drug-likeness (QED) is 0.332. The maximum absolute atomic E-state index is 13.6. The van der Waals surface area contributed by atoms with Crippen LogP contribution in [-0.2, 0) is 4.79 Å². The molecule has 1 N–H and O–H groups in total. The van der Waals surface area contributed by atoms with Crippen LogP contribution >= 0.6 is 0 Å². The molecule has 2 aromatic rings. The summed E-state index contributed by atoms with van der Waals surface area (Å²) in [6.07, 6.45) is 12.7. The Labute approximate surface area is 227 Å². The lowest BCUT2D eigenvalue weighted by Gasteiger charge is -2.44. The number of piperidine rings is 1. The van der Waals surface area contributed by atoms with Gasteiger partial charge in [0.05, 0.1) is 25.6 Å². The van der Waals surface area contributed by atoms with Crippen molar-refractivity contribution in [3.8, 4) is 11.5 Å². The van der Waals surface area contributed by atoms with Crippen LogP contribution in [-0.4, -0.2) is 42.6 Å². The zero-order valence-electron chi connectivity index (χ0n) is 21.0. The number of amides is 1. The van der Waals surface area contributed by atoms with E-state index in [1.807, 2.05) is 48.5 Å². The second kappa shape index (κ2) is 11.9. The molecule has 3 aliphatic rings. The molecule has 1 amide bonds. The lowest BCUT2D eigenvalue weighted by molar-refractivity contribution is -0.927. The number of carbonyl (C=O) groups excluding carboxylic acids is 1. The summed E-state index contributed by atoms with van der Waals surface area (Å²) in [4.78, 5) is 13.6. The molecule has 1 saturated heterocycles. The molecule has 5 heteroatoms. The van der Waals surface area contributed by atoms with Gasteiger partial charge in [-0.1, -0.05) is 55.3 Å². The highest BCUT2D eigenvalue weighted by Gasteiger charge is 2.37. The molecule has 0 unspecified atom stereocenters. The Morgan fingerprint density at radius 2 is 1.57 bits per heavy atom. The predicted octanol–water partition coefficient (Wildman–Crippen LogP) is 3.32. The number of carbonyl (C=O) groups is 1. The molecule has 5 rings (SSSR count). The molecule has 35 heavy (non-hydrogen) atoms. The number of likely N-dealkylation sites (N-methyl/N-ethyl adjacent to an activating group) is 1. The summed E-state index contributed by atoms with van der Waals surface area (Å²) in [6.45, 7) is 7.04. The fourth-order valence-electron chi connectivity index (χ4n) is 6.16. The molecule has 2 heterocycles. The Balaban J connectivity index is 0.00000289. The standard InChI is InChI=1S/C30H38N2O2.HI/c1-2-32(22-23-12-6-4-3-5-7-13-23)20-18-24(19-21-32)31-30(33)29-25-14-8-10-16-27(25)34-28-17-11-9-15-26(28)29;/h8-12,14-17,24,29H,2-7,13,18-22H2,1H3;1H/b23-12-;. The maximum atomic E-state index is 13.6. The zero-order valence-corrected chi connectivity index (χ0v) is 23.1. The van der Waals surface area contributed by atoms with Crippen molar-refractivity contribution in [2.45, 2.75) is 70.3 Å². The number of hydrogen-bond acceptors (Lipinski definition) is 2. The fourth-order valence-corrected chi connectivity index (χ4v) is 6.16. The van der Waals surface area contributed by atoms with Crippen LogP contribution in [0.5, 0.6) is 11.5 Å². The van der Waals surface area contributed by atoms with Gasteiger partial charge in [-0.15, -0.1) is 0 Å². The minimum absolute atomic E-state index is 0. The topological polar surface area (TPSA) is 38.3 Å². The average molecular weight is 587 g/mol. The first kappa shape index (κ1) is 26.2. The number of benzene rings is 2. The van der Waals surface area contributed by atoms with Crippen molar-refractivity contribution in [1.82, 2.24) is 5.32 Å².